The van der Waals surface area contributed by atoms with E-state index in [1.807, 2.05) is 0 Å². The largest absolute Gasteiger partial charge is 0.353 e. The van der Waals surface area contributed by atoms with Gasteiger partial charge in [0.2, 0.25) is 5.91 Å². The van der Waals surface area contributed by atoms with Gasteiger partial charge in [-0.25, -0.2) is 0 Å². The molecule has 4 heteroatoms. The van der Waals surface area contributed by atoms with Crippen LogP contribution in [0.2, 0.25) is 0 Å². The molecule has 0 bridgehead atoms. The minimum absolute atomic E-state index is 0.185. The summed E-state index contributed by atoms with van der Waals surface area (Å²) in [6.07, 6.45) is 6.25. The molecule has 0 aromatic rings. The fourth-order valence-corrected chi connectivity index (χ4v) is 2.71. The molecule has 2 rings (SSSR count). The number of piperidine rings is 1. The summed E-state index contributed by atoms with van der Waals surface area (Å²) in [6, 6.07) is 1.09. The lowest BCUT2D eigenvalue weighted by molar-refractivity contribution is -0.123. The van der Waals surface area contributed by atoms with Crippen LogP contribution in [0, 0.1) is 5.92 Å². The molecular formula is C15H29N3O. The number of nitrogens with zero attached hydrogens (tertiary/aromatic N) is 1. The molecule has 1 amide bonds. The Morgan fingerprint density at radius 1 is 1.37 bits per heavy atom. The molecule has 0 aromatic carbocycles. The first-order chi connectivity index (χ1) is 9.17. The summed E-state index contributed by atoms with van der Waals surface area (Å²) in [4.78, 5) is 14.2. The van der Waals surface area contributed by atoms with Crippen molar-refractivity contribution >= 4 is 5.91 Å². The molecule has 1 heterocycles. The Labute approximate surface area is 117 Å². The molecule has 1 saturated heterocycles. The van der Waals surface area contributed by atoms with Gasteiger partial charge in [0.15, 0.2) is 0 Å². The van der Waals surface area contributed by atoms with Crippen molar-refractivity contribution in [2.75, 3.05) is 26.2 Å². The minimum Gasteiger partial charge on any atom is -0.353 e. The molecule has 1 aliphatic carbocycles. The summed E-state index contributed by atoms with van der Waals surface area (Å²) in [5.41, 5.74) is 0. The number of carbonyl (C=O) groups is 1. The maximum atomic E-state index is 11.9. The van der Waals surface area contributed by atoms with Crippen LogP contribution >= 0.6 is 0 Å². The Kier molecular flexibility index (Phi) is 5.64. The van der Waals surface area contributed by atoms with Gasteiger partial charge in [-0.1, -0.05) is 6.92 Å². The topological polar surface area (TPSA) is 44.4 Å². The van der Waals surface area contributed by atoms with Crippen LogP contribution < -0.4 is 10.6 Å². The summed E-state index contributed by atoms with van der Waals surface area (Å²) < 4.78 is 0. The van der Waals surface area contributed by atoms with Gasteiger partial charge in [0.25, 0.3) is 0 Å². The van der Waals surface area contributed by atoms with E-state index in [0.29, 0.717) is 12.6 Å². The van der Waals surface area contributed by atoms with Crippen molar-refractivity contribution in [2.24, 2.45) is 5.92 Å². The number of nitrogens with one attached hydrogen (secondary N) is 2. The highest BCUT2D eigenvalue weighted by Gasteiger charge is 2.25. The number of likely N-dealkylation sites (tertiary alicyclic amines) is 1. The van der Waals surface area contributed by atoms with Crippen molar-refractivity contribution in [3.63, 3.8) is 0 Å². The molecule has 0 aromatic heterocycles. The lowest BCUT2D eigenvalue weighted by Crippen LogP contribution is -2.46. The first kappa shape index (κ1) is 14.8. The van der Waals surface area contributed by atoms with E-state index in [1.165, 1.54) is 25.7 Å². The number of amides is 1. The van der Waals surface area contributed by atoms with Crippen LogP contribution in [-0.2, 0) is 4.79 Å². The predicted octanol–water partition coefficient (Wildman–Crippen LogP) is 1.37. The number of hydrogen-bond donors (Lipinski definition) is 2. The fraction of sp³-hybridized carbons (Fsp3) is 0.933. The van der Waals surface area contributed by atoms with Gasteiger partial charge in [-0.2, -0.15) is 0 Å². The average molecular weight is 267 g/mol. The van der Waals surface area contributed by atoms with Gasteiger partial charge in [0.05, 0.1) is 6.54 Å². The Morgan fingerprint density at radius 2 is 2.16 bits per heavy atom. The molecular weight excluding hydrogens is 238 g/mol. The highest BCUT2D eigenvalue weighted by atomic mass is 16.2. The molecule has 2 N–H and O–H groups in total. The summed E-state index contributed by atoms with van der Waals surface area (Å²) in [5, 5.41) is 6.67. The fourth-order valence-electron chi connectivity index (χ4n) is 2.71. The standard InChI is InChI=1S/C15H29N3O/c1-3-12(2)17-15(19)11-18-8-4-5-13(10-18)9-16-14-6-7-14/h12-14,16H,3-11H2,1-2H3,(H,17,19). The zero-order valence-corrected chi connectivity index (χ0v) is 12.5. The normalized spacial score (nSPS) is 26.1. The van der Waals surface area contributed by atoms with Crippen LogP contribution in [0.1, 0.15) is 46.0 Å². The van der Waals surface area contributed by atoms with Gasteiger partial charge in [-0.15, -0.1) is 0 Å². The maximum absolute atomic E-state index is 11.9. The zero-order chi connectivity index (χ0) is 13.7. The molecule has 0 spiro atoms. The highest BCUT2D eigenvalue weighted by molar-refractivity contribution is 5.78. The van der Waals surface area contributed by atoms with E-state index in [2.05, 4.69) is 29.4 Å². The average Bonchev–Trinajstić information content (AvgIpc) is 3.20. The van der Waals surface area contributed by atoms with Gasteiger partial charge in [0.1, 0.15) is 0 Å². The maximum Gasteiger partial charge on any atom is 0.234 e. The third kappa shape index (κ3) is 5.49. The quantitative estimate of drug-likeness (QED) is 0.732. The van der Waals surface area contributed by atoms with Gasteiger partial charge in [0, 0.05) is 18.6 Å². The van der Waals surface area contributed by atoms with Gasteiger partial charge in [-0.3, -0.25) is 9.69 Å². The number of carbonyl (C=O) groups excluding carboxylic acids is 1. The molecule has 0 radical (unpaired) electrons. The van der Waals surface area contributed by atoms with E-state index in [4.69, 9.17) is 0 Å². The molecule has 1 aliphatic heterocycles. The van der Waals surface area contributed by atoms with Crippen LogP contribution in [0.3, 0.4) is 0 Å². The summed E-state index contributed by atoms with van der Waals surface area (Å²) in [7, 11) is 0. The molecule has 2 unspecified atom stereocenters. The van der Waals surface area contributed by atoms with E-state index in [-0.39, 0.29) is 5.91 Å². The molecule has 1 saturated carbocycles. The van der Waals surface area contributed by atoms with Gasteiger partial charge >= 0.3 is 0 Å². The molecule has 2 fully saturated rings. The van der Waals surface area contributed by atoms with Crippen molar-refractivity contribution in [3.8, 4) is 0 Å². The Morgan fingerprint density at radius 3 is 2.84 bits per heavy atom. The summed E-state index contributed by atoms with van der Waals surface area (Å²) >= 11 is 0. The Balaban J connectivity index is 1.66. The zero-order valence-electron chi connectivity index (χ0n) is 12.5. The third-order valence-corrected chi connectivity index (χ3v) is 4.26. The lowest BCUT2D eigenvalue weighted by Gasteiger charge is -2.32. The van der Waals surface area contributed by atoms with Crippen LogP contribution in [-0.4, -0.2) is 49.1 Å². The second-order valence-corrected chi connectivity index (χ2v) is 6.30. The van der Waals surface area contributed by atoms with Crippen molar-refractivity contribution in [1.82, 2.24) is 15.5 Å². The van der Waals surface area contributed by atoms with E-state index in [0.717, 1.165) is 38.0 Å². The molecule has 2 aliphatic rings. The number of rotatable bonds is 7. The van der Waals surface area contributed by atoms with E-state index in [9.17, 15) is 4.79 Å². The predicted molar refractivity (Wildman–Crippen MR) is 78.1 cm³/mol. The minimum atomic E-state index is 0.185. The van der Waals surface area contributed by atoms with Crippen molar-refractivity contribution in [1.29, 1.82) is 0 Å². The van der Waals surface area contributed by atoms with Crippen LogP contribution in [0.25, 0.3) is 0 Å². The molecule has 110 valence electrons. The first-order valence-corrected chi connectivity index (χ1v) is 7.92. The monoisotopic (exact) mass is 267 g/mol. The highest BCUT2D eigenvalue weighted by Crippen LogP contribution is 2.21. The Hall–Kier alpha value is -0.610. The smallest absolute Gasteiger partial charge is 0.234 e. The van der Waals surface area contributed by atoms with Crippen molar-refractivity contribution in [2.45, 2.75) is 58.0 Å². The van der Waals surface area contributed by atoms with E-state index >= 15 is 0 Å². The van der Waals surface area contributed by atoms with Gasteiger partial charge < -0.3 is 10.6 Å². The molecule has 4 nitrogen and oxygen atoms in total. The van der Waals surface area contributed by atoms with E-state index < -0.39 is 0 Å². The van der Waals surface area contributed by atoms with Crippen LogP contribution in [0.15, 0.2) is 0 Å². The SMILES string of the molecule is CCC(C)NC(=O)CN1CCCC(CNC2CC2)C1. The molecule has 2 atom stereocenters. The molecule has 19 heavy (non-hydrogen) atoms. The second-order valence-electron chi connectivity index (χ2n) is 6.30. The summed E-state index contributed by atoms with van der Waals surface area (Å²) in [5.74, 6) is 0.913. The van der Waals surface area contributed by atoms with Gasteiger partial charge in [-0.05, 0) is 58.0 Å². The van der Waals surface area contributed by atoms with Crippen LogP contribution in [0.4, 0.5) is 0 Å². The summed E-state index contributed by atoms with van der Waals surface area (Å²) in [6.45, 7) is 8.03. The third-order valence-electron chi connectivity index (χ3n) is 4.26. The van der Waals surface area contributed by atoms with Crippen molar-refractivity contribution < 1.29 is 4.79 Å². The lowest BCUT2D eigenvalue weighted by atomic mass is 9.98. The first-order valence-electron chi connectivity index (χ1n) is 7.92. The van der Waals surface area contributed by atoms with E-state index in [1.54, 1.807) is 0 Å². The number of hydrogen-bond acceptors (Lipinski definition) is 3. The van der Waals surface area contributed by atoms with Crippen molar-refractivity contribution in [3.05, 3.63) is 0 Å². The second kappa shape index (κ2) is 7.25. The van der Waals surface area contributed by atoms with Crippen LogP contribution in [0.5, 0.6) is 0 Å². The Bertz CT molecular complexity index is 291.